The first kappa shape index (κ1) is 15.6. The normalized spacial score (nSPS) is 31.5. The van der Waals surface area contributed by atoms with Crippen LogP contribution >= 0.6 is 7.82 Å². The van der Waals surface area contributed by atoms with Crippen LogP contribution in [-0.2, 0) is 23.1 Å². The fourth-order valence-corrected chi connectivity index (χ4v) is 2.67. The largest absolute Gasteiger partial charge is 0.756 e. The van der Waals surface area contributed by atoms with Gasteiger partial charge in [0.15, 0.2) is 6.10 Å². The molecule has 4 atom stereocenters. The van der Waals surface area contributed by atoms with E-state index in [-0.39, 0.29) is 25.0 Å². The molecule has 0 aromatic rings. The van der Waals surface area contributed by atoms with E-state index in [0.29, 0.717) is 0 Å². The fourth-order valence-electron chi connectivity index (χ4n) is 1.60. The van der Waals surface area contributed by atoms with Crippen molar-refractivity contribution in [2.45, 2.75) is 45.5 Å². The summed E-state index contributed by atoms with van der Waals surface area (Å²) >= 11 is 0. The molecule has 1 aliphatic heterocycles. The summed E-state index contributed by atoms with van der Waals surface area (Å²) in [6.07, 6.45) is -2.46. The molecule has 0 bridgehead atoms. The highest BCUT2D eigenvalue weighted by Crippen LogP contribution is 2.43. The van der Waals surface area contributed by atoms with E-state index in [2.05, 4.69) is 4.52 Å². The van der Waals surface area contributed by atoms with E-state index in [9.17, 15) is 14.3 Å². The summed E-state index contributed by atoms with van der Waals surface area (Å²) in [4.78, 5) is 22.4. The Morgan fingerprint density at radius 2 is 2.22 bits per heavy atom. The Morgan fingerprint density at radius 1 is 1.61 bits per heavy atom. The lowest BCUT2D eigenvalue weighted by Gasteiger charge is -2.27. The summed E-state index contributed by atoms with van der Waals surface area (Å²) < 4.78 is 26.0. The Kier molecular flexibility index (Phi) is 5.31. The molecule has 0 aromatic heterocycles. The van der Waals surface area contributed by atoms with Gasteiger partial charge in [-0.3, -0.25) is 4.57 Å². The summed E-state index contributed by atoms with van der Waals surface area (Å²) in [5.74, 6) is -1.21. The van der Waals surface area contributed by atoms with Crippen LogP contribution < -0.4 is 4.89 Å². The highest BCUT2D eigenvalue weighted by atomic mass is 31.2. The Balaban J connectivity index is 2.59. The van der Waals surface area contributed by atoms with Crippen molar-refractivity contribution in [2.75, 3.05) is 6.61 Å². The van der Waals surface area contributed by atoms with Crippen LogP contribution in [0.25, 0.3) is 0 Å². The smallest absolute Gasteiger partial charge is 0.335 e. The Labute approximate surface area is 106 Å². The minimum atomic E-state index is -4.49. The van der Waals surface area contributed by atoms with Crippen LogP contribution in [0.15, 0.2) is 0 Å². The minimum Gasteiger partial charge on any atom is -0.756 e. The molecule has 0 radical (unpaired) electrons. The summed E-state index contributed by atoms with van der Waals surface area (Å²) in [5.41, 5.74) is 0. The van der Waals surface area contributed by atoms with Crippen molar-refractivity contribution in [3.8, 4) is 0 Å². The van der Waals surface area contributed by atoms with E-state index >= 15 is 0 Å². The van der Waals surface area contributed by atoms with E-state index in [4.69, 9.17) is 14.4 Å². The zero-order valence-corrected chi connectivity index (χ0v) is 11.5. The Bertz CT molecular complexity index is 343. The van der Waals surface area contributed by atoms with Gasteiger partial charge in [-0.2, -0.15) is 0 Å². The van der Waals surface area contributed by atoms with E-state index < -0.39 is 26.0 Å². The summed E-state index contributed by atoms with van der Waals surface area (Å²) in [7, 11) is -4.49. The van der Waals surface area contributed by atoms with Gasteiger partial charge in [0.2, 0.25) is 0 Å². The van der Waals surface area contributed by atoms with E-state index in [0.717, 1.165) is 0 Å². The number of carboxylic acid groups (broad SMARTS) is 1. The molecule has 0 amide bonds. The predicted octanol–water partition coefficient (Wildman–Crippen LogP) is 0.775. The topological polar surface area (TPSA) is 105 Å². The zero-order valence-electron chi connectivity index (χ0n) is 10.6. The second kappa shape index (κ2) is 6.12. The molecule has 0 aromatic carbocycles. The lowest BCUT2D eigenvalue weighted by atomic mass is 10.1. The van der Waals surface area contributed by atoms with Gasteiger partial charge >= 0.3 is 5.97 Å². The van der Waals surface area contributed by atoms with E-state index in [1.54, 1.807) is 20.8 Å². The van der Waals surface area contributed by atoms with Gasteiger partial charge in [0.25, 0.3) is 7.82 Å². The molecule has 1 fully saturated rings. The third-order valence-corrected chi connectivity index (χ3v) is 3.35. The van der Waals surface area contributed by atoms with Crippen molar-refractivity contribution in [3.63, 3.8) is 0 Å². The van der Waals surface area contributed by atoms with Crippen molar-refractivity contribution in [2.24, 2.45) is 5.92 Å². The Hall–Kier alpha value is -0.460. The molecule has 0 saturated carbocycles. The van der Waals surface area contributed by atoms with Crippen molar-refractivity contribution in [1.29, 1.82) is 0 Å². The number of carbonyl (C=O) groups is 1. The SMILES string of the molecule is CC(C)COP(=O)([O-])OC1CC(C)OC1C(=O)O. The highest BCUT2D eigenvalue weighted by molar-refractivity contribution is 7.45. The minimum absolute atomic E-state index is 0.00163. The molecule has 1 rings (SSSR count). The summed E-state index contributed by atoms with van der Waals surface area (Å²) in [6.45, 7) is 5.24. The van der Waals surface area contributed by atoms with Crippen LogP contribution in [0.4, 0.5) is 0 Å². The molecule has 1 aliphatic rings. The van der Waals surface area contributed by atoms with Gasteiger partial charge in [-0.1, -0.05) is 13.8 Å². The number of phosphoric ester groups is 1. The van der Waals surface area contributed by atoms with Crippen LogP contribution in [0.1, 0.15) is 27.2 Å². The molecule has 1 N–H and O–H groups in total. The molecule has 1 saturated heterocycles. The third kappa shape index (κ3) is 4.66. The average molecular weight is 281 g/mol. The van der Waals surface area contributed by atoms with Crippen LogP contribution in [0.5, 0.6) is 0 Å². The van der Waals surface area contributed by atoms with Crippen LogP contribution in [-0.4, -0.2) is 36.0 Å². The molecular weight excluding hydrogens is 263 g/mol. The van der Waals surface area contributed by atoms with Gasteiger partial charge in [0.05, 0.1) is 12.7 Å². The maximum Gasteiger partial charge on any atom is 0.335 e. The van der Waals surface area contributed by atoms with Crippen molar-refractivity contribution >= 4 is 13.8 Å². The first-order chi connectivity index (χ1) is 8.21. The van der Waals surface area contributed by atoms with Gasteiger partial charge in [-0.15, -0.1) is 0 Å². The second-order valence-electron chi connectivity index (χ2n) is 4.72. The molecule has 0 aliphatic carbocycles. The Morgan fingerprint density at radius 3 is 2.72 bits per heavy atom. The maximum atomic E-state index is 11.5. The number of aliphatic carboxylic acids is 1. The lowest BCUT2D eigenvalue weighted by molar-refractivity contribution is -0.231. The molecule has 0 spiro atoms. The van der Waals surface area contributed by atoms with Crippen LogP contribution in [0.3, 0.4) is 0 Å². The standard InChI is InChI=1S/C10H19O7P/c1-6(2)5-15-18(13,14)17-8-4-7(3)16-9(8)10(11)12/h6-9H,4-5H2,1-3H3,(H,11,12)(H,13,14)/p-1. The molecule has 7 nitrogen and oxygen atoms in total. The van der Waals surface area contributed by atoms with Gasteiger partial charge in [-0.05, 0) is 12.8 Å². The van der Waals surface area contributed by atoms with Gasteiger partial charge in [0.1, 0.15) is 6.10 Å². The maximum absolute atomic E-state index is 11.5. The lowest BCUT2D eigenvalue weighted by Crippen LogP contribution is -2.33. The highest BCUT2D eigenvalue weighted by Gasteiger charge is 2.41. The first-order valence-electron chi connectivity index (χ1n) is 5.73. The summed E-state index contributed by atoms with van der Waals surface area (Å²) in [6, 6.07) is 0. The van der Waals surface area contributed by atoms with Gasteiger partial charge in [-0.25, -0.2) is 4.79 Å². The van der Waals surface area contributed by atoms with Crippen LogP contribution in [0.2, 0.25) is 0 Å². The molecule has 4 unspecified atom stereocenters. The van der Waals surface area contributed by atoms with Crippen molar-refractivity contribution in [1.82, 2.24) is 0 Å². The van der Waals surface area contributed by atoms with Crippen LogP contribution in [0, 0.1) is 5.92 Å². The summed E-state index contributed by atoms with van der Waals surface area (Å²) in [5, 5.41) is 8.88. The average Bonchev–Trinajstić information content (AvgIpc) is 2.56. The molecule has 8 heteroatoms. The van der Waals surface area contributed by atoms with Crippen molar-refractivity contribution < 1.29 is 33.1 Å². The number of carboxylic acids is 1. The van der Waals surface area contributed by atoms with E-state index in [1.165, 1.54) is 0 Å². The van der Waals surface area contributed by atoms with E-state index in [1.807, 2.05) is 0 Å². The number of ether oxygens (including phenoxy) is 1. The van der Waals surface area contributed by atoms with Crippen molar-refractivity contribution in [3.05, 3.63) is 0 Å². The third-order valence-electron chi connectivity index (χ3n) is 2.35. The number of hydrogen-bond donors (Lipinski definition) is 1. The van der Waals surface area contributed by atoms with Gasteiger partial charge in [0, 0.05) is 6.42 Å². The second-order valence-corrected chi connectivity index (χ2v) is 6.09. The molecular formula is C10H18O7P-. The fraction of sp³-hybridized carbons (Fsp3) is 0.900. The molecule has 18 heavy (non-hydrogen) atoms. The number of rotatable bonds is 6. The predicted molar refractivity (Wildman–Crippen MR) is 59.9 cm³/mol. The number of hydrogen-bond acceptors (Lipinski definition) is 6. The van der Waals surface area contributed by atoms with Gasteiger partial charge < -0.3 is 23.8 Å². The monoisotopic (exact) mass is 281 g/mol. The first-order valence-corrected chi connectivity index (χ1v) is 7.19. The molecule has 106 valence electrons. The zero-order chi connectivity index (χ0) is 13.9. The molecule has 1 heterocycles. The number of phosphoric acid groups is 1. The quantitative estimate of drug-likeness (QED) is 0.717.